The largest absolute Gasteiger partial charge is 0.507 e. The molecule has 0 bridgehead atoms. The lowest BCUT2D eigenvalue weighted by molar-refractivity contribution is 0.259. The number of fused-ring (bicyclic) bond motifs is 2. The molecule has 1 aliphatic heterocycles. The molecule has 0 aliphatic carbocycles. The molecule has 1 aliphatic rings. The molecule has 0 unspecified atom stereocenters. The lowest BCUT2D eigenvalue weighted by Crippen LogP contribution is -2.48. The normalized spacial score (nSPS) is 14.0. The highest BCUT2D eigenvalue weighted by atomic mass is 35.5. The summed E-state index contributed by atoms with van der Waals surface area (Å²) < 4.78 is 206. The number of benzene rings is 6. The molecule has 3 heterocycles. The maximum atomic E-state index is 12.7. The van der Waals surface area contributed by atoms with E-state index < -0.39 is 146 Å². The molecule has 91 heavy (non-hydrogen) atoms. The summed E-state index contributed by atoms with van der Waals surface area (Å²) >= 11 is 12.5. The van der Waals surface area contributed by atoms with Crippen LogP contribution in [0.4, 0.5) is 74.1 Å². The molecule has 0 radical (unpaired) electrons. The van der Waals surface area contributed by atoms with Crippen LogP contribution in [0.1, 0.15) is 0 Å². The molecule has 46 heteroatoms. The number of carbonyl (C=O) groups excluding carboxylic acids is 1. The van der Waals surface area contributed by atoms with Gasteiger partial charge in [-0.25, -0.2) is 4.79 Å². The number of hydrogen-bond acceptors (Lipinski definition) is 30. The van der Waals surface area contributed by atoms with Gasteiger partial charge in [0.1, 0.15) is 48.1 Å². The maximum absolute atomic E-state index is 12.7. The summed E-state index contributed by atoms with van der Waals surface area (Å²) in [7, 11) is -30.9. The van der Waals surface area contributed by atoms with Gasteiger partial charge in [-0.2, -0.15) is 80.4 Å². The number of nitrogen functional groups attached to an aromatic ring is 1. The number of rotatable bonds is 20. The van der Waals surface area contributed by atoms with E-state index in [1.807, 2.05) is 0 Å². The minimum absolute atomic E-state index is 0.0197. The van der Waals surface area contributed by atoms with Gasteiger partial charge in [0.05, 0.1) is 26.6 Å². The Balaban J connectivity index is 0.849. The Morgan fingerprint density at radius 3 is 1.66 bits per heavy atom. The quantitative estimate of drug-likeness (QED) is 0.0255. The third-order valence-electron chi connectivity index (χ3n) is 12.7. The van der Waals surface area contributed by atoms with E-state index >= 15 is 0 Å². The van der Waals surface area contributed by atoms with Crippen LogP contribution in [0.25, 0.3) is 21.5 Å². The molecule has 6 aromatic carbocycles. The molecule has 8 aromatic rings. The molecule has 0 atom stereocenters. The van der Waals surface area contributed by atoms with Crippen molar-refractivity contribution in [3.63, 3.8) is 0 Å². The van der Waals surface area contributed by atoms with E-state index in [4.69, 9.17) is 34.7 Å². The Morgan fingerprint density at radius 1 is 0.538 bits per heavy atom. The van der Waals surface area contributed by atoms with Gasteiger partial charge in [0, 0.05) is 62.1 Å². The molecule has 2 amide bonds. The molecule has 1 saturated heterocycles. The van der Waals surface area contributed by atoms with Gasteiger partial charge in [0.25, 0.3) is 60.7 Å². The van der Waals surface area contributed by atoms with E-state index in [1.165, 1.54) is 24.3 Å². The van der Waals surface area contributed by atoms with E-state index in [-0.39, 0.29) is 63.7 Å². The smallest absolute Gasteiger partial charge is 0.316 e. The molecule has 480 valence electrons. The van der Waals surface area contributed by atoms with Crippen molar-refractivity contribution in [3.8, 4) is 5.75 Å². The highest BCUT2D eigenvalue weighted by Gasteiger charge is 2.28. The van der Waals surface area contributed by atoms with Crippen LogP contribution in [-0.2, 0) is 60.7 Å². The third-order valence-corrected chi connectivity index (χ3v) is 18.2. The number of nitrogens with two attached hydrogens (primary N) is 2. The molecular weight excluding hydrogens is 1380 g/mol. The summed E-state index contributed by atoms with van der Waals surface area (Å²) in [6.45, 7) is 2.31. The number of hydrogen-bond donors (Lipinski definition) is 13. The molecule has 2 aromatic heterocycles. The zero-order chi connectivity index (χ0) is 66.5. The number of primary amides is 1. The van der Waals surface area contributed by atoms with E-state index in [1.54, 1.807) is 4.90 Å². The monoisotopic (exact) mass is 1410 g/mol. The van der Waals surface area contributed by atoms with Crippen LogP contribution >= 0.6 is 23.2 Å². The molecule has 0 saturated carbocycles. The number of azo groups is 2. The fraction of sp³-hybridized carbons (Fsp3) is 0.133. The summed E-state index contributed by atoms with van der Waals surface area (Å²) in [4.78, 5) is 35.1. The standard InChI is InChI=1S/C45H40Cl2N18O20S6/c46-39-54-42(58-43(55-39)51-22-1-3-27(29(15-22)53-41(49)67)60-62-30-19-26-20(13-33(30)89(77,78)79)11-25(87(71,72)73)18-32(26)88(74,75)76)50-5-6-64-7-9-65(10-8-64)45-57-40(47)56-44(59-45)52-23-2-4-28(34(16-23)90(80,81)82)61-63-38-36-21(14-35(37(38)48)91(83,84)85)12-24(17-31(36)66)86(68,69)70/h1-4,11-19,66H,5-10,48H2,(H3,49,53,67)(H,68,69,70)(H,71,72,73)(H,74,75,76)(H,77,78,79)(H,80,81,82)(H,83,84,85)(H,52,56,57,59)(H2,50,51,54,55,58). The Bertz CT molecular complexity index is 5150. The summed E-state index contributed by atoms with van der Waals surface area (Å²) in [6, 6.07) is 10.3. The number of urea groups is 1. The average molecular weight is 1420 g/mol. The molecule has 38 nitrogen and oxygen atoms in total. The number of phenols is 1. The summed E-state index contributed by atoms with van der Waals surface area (Å²) in [5, 5.41) is 34.7. The van der Waals surface area contributed by atoms with Crippen LogP contribution in [0, 0.1) is 0 Å². The second kappa shape index (κ2) is 25.1. The Hall–Kier alpha value is -8.87. The molecule has 9 rings (SSSR count). The van der Waals surface area contributed by atoms with Crippen molar-refractivity contribution in [2.75, 3.05) is 71.2 Å². The first-order valence-electron chi connectivity index (χ1n) is 24.6. The summed E-state index contributed by atoms with van der Waals surface area (Å²) in [6.07, 6.45) is 0. The first-order chi connectivity index (χ1) is 42.3. The predicted octanol–water partition coefficient (Wildman–Crippen LogP) is 5.48. The Labute approximate surface area is 522 Å². The van der Waals surface area contributed by atoms with E-state index in [0.29, 0.717) is 63.1 Å². The number of phenolic OH excluding ortho intramolecular Hbond substituents is 1. The Kier molecular flexibility index (Phi) is 18.3. The van der Waals surface area contributed by atoms with Gasteiger partial charge in [0.2, 0.25) is 34.4 Å². The SMILES string of the molecule is NC(=O)Nc1cc(Nc2nc(Cl)nc(NCCN3CCN(c4nc(Cl)nc(Nc5ccc(N=Nc6c(N)c(S(=O)(=O)O)cc7cc(S(=O)(=O)O)cc(O)c67)c(S(=O)(=O)O)c5)n4)CC3)n2)ccc1N=Nc1cc2c(S(=O)(=O)O)cc(S(=O)(=O)O)cc2cc1S(=O)(=O)O. The first-order valence-corrected chi connectivity index (χ1v) is 34.0. The van der Waals surface area contributed by atoms with E-state index in [9.17, 15) is 87.7 Å². The molecule has 1 fully saturated rings. The van der Waals surface area contributed by atoms with Crippen molar-refractivity contribution < 1.29 is 87.7 Å². The zero-order valence-corrected chi connectivity index (χ0v) is 51.3. The second-order valence-corrected chi connectivity index (χ2v) is 27.9. The van der Waals surface area contributed by atoms with Gasteiger partial charge in [-0.1, -0.05) is 0 Å². The van der Waals surface area contributed by atoms with Gasteiger partial charge in [-0.15, -0.1) is 20.5 Å². The van der Waals surface area contributed by atoms with Crippen molar-refractivity contribution in [1.29, 1.82) is 0 Å². The zero-order valence-electron chi connectivity index (χ0n) is 44.9. The fourth-order valence-corrected chi connectivity index (χ4v) is 12.8. The van der Waals surface area contributed by atoms with Crippen LogP contribution in [0.3, 0.4) is 0 Å². The minimum atomic E-state index is -5.26. The van der Waals surface area contributed by atoms with Gasteiger partial charge in [-0.3, -0.25) is 32.2 Å². The summed E-state index contributed by atoms with van der Waals surface area (Å²) in [5.74, 6) is -1.08. The van der Waals surface area contributed by atoms with Gasteiger partial charge >= 0.3 is 6.03 Å². The Morgan fingerprint density at radius 2 is 1.05 bits per heavy atom. The number of nitrogens with zero attached hydrogens (tertiary/aromatic N) is 12. The lowest BCUT2D eigenvalue weighted by atomic mass is 10.1. The average Bonchev–Trinajstić information content (AvgIpc) is 0.766. The number of nitrogens with one attached hydrogen (secondary N) is 4. The number of aromatic hydroxyl groups is 1. The van der Waals surface area contributed by atoms with Crippen molar-refractivity contribution >= 4 is 181 Å². The van der Waals surface area contributed by atoms with Crippen molar-refractivity contribution in [3.05, 3.63) is 89.4 Å². The van der Waals surface area contributed by atoms with Crippen molar-refractivity contribution in [2.24, 2.45) is 26.2 Å². The predicted molar refractivity (Wildman–Crippen MR) is 321 cm³/mol. The second-order valence-electron chi connectivity index (χ2n) is 18.8. The maximum Gasteiger partial charge on any atom is 0.316 e. The summed E-state index contributed by atoms with van der Waals surface area (Å²) in [5.41, 5.74) is 8.25. The van der Waals surface area contributed by atoms with Crippen LogP contribution < -0.4 is 37.6 Å². The van der Waals surface area contributed by atoms with Gasteiger partial charge in [-0.05, 0) is 107 Å². The number of aromatic nitrogens is 6. The highest BCUT2D eigenvalue weighted by molar-refractivity contribution is 7.87. The van der Waals surface area contributed by atoms with Gasteiger partial charge < -0.3 is 42.7 Å². The first kappa shape index (κ1) is 66.5. The van der Waals surface area contributed by atoms with Crippen LogP contribution in [-0.4, -0.2) is 163 Å². The van der Waals surface area contributed by atoms with Crippen molar-refractivity contribution in [1.82, 2.24) is 34.8 Å². The molecular formula is C45H40Cl2N18O20S6. The van der Waals surface area contributed by atoms with Crippen LogP contribution in [0.15, 0.2) is 129 Å². The molecule has 15 N–H and O–H groups in total. The fourth-order valence-electron chi connectivity index (χ4n) is 8.70. The number of piperazine rings is 1. The molecule has 0 spiro atoms. The topological polar surface area (TPSA) is 597 Å². The lowest BCUT2D eigenvalue weighted by Gasteiger charge is -2.34. The van der Waals surface area contributed by atoms with Crippen molar-refractivity contribution in [2.45, 2.75) is 29.4 Å². The number of carbonyl (C=O) groups is 1. The van der Waals surface area contributed by atoms with Gasteiger partial charge in [0.15, 0.2) is 0 Å². The van der Waals surface area contributed by atoms with E-state index in [0.717, 1.165) is 24.3 Å². The van der Waals surface area contributed by atoms with Crippen LogP contribution in [0.5, 0.6) is 5.75 Å². The van der Waals surface area contributed by atoms with E-state index in [2.05, 4.69) is 76.5 Å². The third kappa shape index (κ3) is 15.8. The highest BCUT2D eigenvalue weighted by Crippen LogP contribution is 2.45. The number of anilines is 8. The van der Waals surface area contributed by atoms with Crippen LogP contribution in [0.2, 0.25) is 10.6 Å². The number of halogens is 2. The number of amides is 2. The minimum Gasteiger partial charge on any atom is -0.507 e.